The van der Waals surface area contributed by atoms with Gasteiger partial charge in [0.05, 0.1) is 0 Å². The van der Waals surface area contributed by atoms with E-state index in [9.17, 15) is 4.79 Å². The van der Waals surface area contributed by atoms with Crippen LogP contribution in [-0.2, 0) is 4.79 Å². The normalized spacial score (nSPS) is 21.5. The molecule has 0 saturated heterocycles. The van der Waals surface area contributed by atoms with E-state index in [2.05, 4.69) is 41.7 Å². The number of aliphatic hydroxyl groups is 1. The summed E-state index contributed by atoms with van der Waals surface area (Å²) in [6.07, 6.45) is 2.50. The molecule has 3 atom stereocenters. The quantitative estimate of drug-likeness (QED) is 0.860. The third-order valence-corrected chi connectivity index (χ3v) is 4.53. The van der Waals surface area contributed by atoms with E-state index < -0.39 is 0 Å². The van der Waals surface area contributed by atoms with Crippen molar-refractivity contribution >= 4 is 16.7 Å². The number of aliphatic hydroxyl groups excluding tert-OH is 1. The minimum Gasteiger partial charge on any atom is -0.396 e. The molecule has 22 heavy (non-hydrogen) atoms. The lowest BCUT2D eigenvalue weighted by molar-refractivity contribution is -0.123. The average Bonchev–Trinajstić information content (AvgIpc) is 3.33. The number of amides is 1. The van der Waals surface area contributed by atoms with Gasteiger partial charge in [-0.25, -0.2) is 0 Å². The number of hydrogen-bond acceptors (Lipinski definition) is 2. The third kappa shape index (κ3) is 3.14. The van der Waals surface area contributed by atoms with Gasteiger partial charge in [-0.3, -0.25) is 4.79 Å². The van der Waals surface area contributed by atoms with Gasteiger partial charge in [-0.2, -0.15) is 0 Å². The van der Waals surface area contributed by atoms with Crippen molar-refractivity contribution in [2.45, 2.75) is 38.1 Å². The summed E-state index contributed by atoms with van der Waals surface area (Å²) in [6, 6.07) is 14.8. The number of fused-ring (bicyclic) bond motifs is 1. The maximum atomic E-state index is 12.3. The summed E-state index contributed by atoms with van der Waals surface area (Å²) in [5.41, 5.74) is 1.29. The fraction of sp³-hybridized carbons (Fsp3) is 0.421. The van der Waals surface area contributed by atoms with E-state index in [4.69, 9.17) is 5.11 Å². The van der Waals surface area contributed by atoms with Gasteiger partial charge in [0, 0.05) is 18.6 Å². The van der Waals surface area contributed by atoms with Crippen LogP contribution in [0.3, 0.4) is 0 Å². The van der Waals surface area contributed by atoms with E-state index in [1.165, 1.54) is 16.3 Å². The molecule has 1 aliphatic rings. The summed E-state index contributed by atoms with van der Waals surface area (Å²) < 4.78 is 0. The molecule has 1 saturated carbocycles. The van der Waals surface area contributed by atoms with Crippen LogP contribution in [0.25, 0.3) is 10.8 Å². The fourth-order valence-electron chi connectivity index (χ4n) is 3.22. The molecule has 2 aromatic carbocycles. The van der Waals surface area contributed by atoms with Crippen molar-refractivity contribution in [1.29, 1.82) is 0 Å². The molecule has 0 bridgehead atoms. The molecule has 1 amide bonds. The lowest BCUT2D eigenvalue weighted by Gasteiger charge is -2.13. The van der Waals surface area contributed by atoms with Crippen LogP contribution in [0.5, 0.6) is 0 Å². The van der Waals surface area contributed by atoms with Crippen LogP contribution in [0.2, 0.25) is 0 Å². The molecule has 0 aliphatic heterocycles. The summed E-state index contributed by atoms with van der Waals surface area (Å²) in [4.78, 5) is 12.3. The zero-order valence-corrected chi connectivity index (χ0v) is 13.0. The summed E-state index contributed by atoms with van der Waals surface area (Å²) in [7, 11) is 0. The Balaban J connectivity index is 1.67. The summed E-state index contributed by atoms with van der Waals surface area (Å²) in [6.45, 7) is 2.19. The van der Waals surface area contributed by atoms with Gasteiger partial charge in [0.25, 0.3) is 0 Å². The minimum atomic E-state index is 0.0994. The van der Waals surface area contributed by atoms with Crippen molar-refractivity contribution < 1.29 is 9.90 Å². The van der Waals surface area contributed by atoms with Gasteiger partial charge in [-0.05, 0) is 48.4 Å². The Hall–Kier alpha value is -1.87. The molecule has 2 N–H and O–H groups in total. The number of nitrogens with one attached hydrogen (secondary N) is 1. The van der Waals surface area contributed by atoms with E-state index in [0.717, 1.165) is 19.3 Å². The Bertz CT molecular complexity index is 662. The van der Waals surface area contributed by atoms with Crippen LogP contribution in [0.1, 0.15) is 37.7 Å². The molecule has 3 rings (SSSR count). The molecule has 1 aliphatic carbocycles. The van der Waals surface area contributed by atoms with E-state index in [-0.39, 0.29) is 24.5 Å². The van der Waals surface area contributed by atoms with Crippen molar-refractivity contribution in [3.8, 4) is 0 Å². The van der Waals surface area contributed by atoms with Crippen LogP contribution in [0.15, 0.2) is 42.5 Å². The van der Waals surface area contributed by atoms with Crippen LogP contribution < -0.4 is 5.32 Å². The average molecular weight is 297 g/mol. The highest BCUT2D eigenvalue weighted by Crippen LogP contribution is 2.49. The SMILES string of the molecule is CC(CCCO)NC(=O)C1CC1c1cccc2ccccc12. The first-order valence-electron chi connectivity index (χ1n) is 8.09. The zero-order chi connectivity index (χ0) is 15.5. The van der Waals surface area contributed by atoms with Gasteiger partial charge < -0.3 is 10.4 Å². The molecule has 0 heterocycles. The van der Waals surface area contributed by atoms with Crippen molar-refractivity contribution in [3.63, 3.8) is 0 Å². The van der Waals surface area contributed by atoms with Crippen LogP contribution >= 0.6 is 0 Å². The van der Waals surface area contributed by atoms with Crippen molar-refractivity contribution in [3.05, 3.63) is 48.0 Å². The predicted octanol–water partition coefficient (Wildman–Crippen LogP) is 3.22. The molecule has 2 aromatic rings. The first-order valence-corrected chi connectivity index (χ1v) is 8.09. The highest BCUT2D eigenvalue weighted by molar-refractivity contribution is 5.89. The summed E-state index contributed by atoms with van der Waals surface area (Å²) in [5, 5.41) is 14.4. The van der Waals surface area contributed by atoms with Gasteiger partial charge in [0.2, 0.25) is 5.91 Å². The second-order valence-corrected chi connectivity index (χ2v) is 6.29. The number of rotatable bonds is 6. The molecule has 0 aromatic heterocycles. The molecule has 3 heteroatoms. The van der Waals surface area contributed by atoms with Crippen LogP contribution in [0, 0.1) is 5.92 Å². The largest absolute Gasteiger partial charge is 0.396 e. The number of benzene rings is 2. The zero-order valence-electron chi connectivity index (χ0n) is 13.0. The van der Waals surface area contributed by atoms with Gasteiger partial charge in [0.15, 0.2) is 0 Å². The van der Waals surface area contributed by atoms with Crippen molar-refractivity contribution in [2.24, 2.45) is 5.92 Å². The highest BCUT2D eigenvalue weighted by atomic mass is 16.3. The van der Waals surface area contributed by atoms with Crippen molar-refractivity contribution in [2.75, 3.05) is 6.61 Å². The Labute approximate surface area is 131 Å². The molecule has 0 spiro atoms. The van der Waals surface area contributed by atoms with Crippen LogP contribution in [0.4, 0.5) is 0 Å². The molecule has 116 valence electrons. The molecule has 3 nitrogen and oxygen atoms in total. The smallest absolute Gasteiger partial charge is 0.223 e. The maximum absolute atomic E-state index is 12.3. The summed E-state index contributed by atoms with van der Waals surface area (Å²) in [5.74, 6) is 0.599. The van der Waals surface area contributed by atoms with Gasteiger partial charge in [-0.15, -0.1) is 0 Å². The Kier molecular flexibility index (Phi) is 4.44. The topological polar surface area (TPSA) is 49.3 Å². The fourth-order valence-corrected chi connectivity index (χ4v) is 3.22. The number of hydrogen-bond donors (Lipinski definition) is 2. The Morgan fingerprint density at radius 2 is 2.05 bits per heavy atom. The molecule has 3 unspecified atom stereocenters. The predicted molar refractivity (Wildman–Crippen MR) is 88.7 cm³/mol. The first-order chi connectivity index (χ1) is 10.7. The third-order valence-electron chi connectivity index (χ3n) is 4.53. The molecular weight excluding hydrogens is 274 g/mol. The molecular formula is C19H23NO2. The second-order valence-electron chi connectivity index (χ2n) is 6.29. The first kappa shape index (κ1) is 15.0. The summed E-state index contributed by atoms with van der Waals surface area (Å²) >= 11 is 0. The number of carbonyl (C=O) groups excluding carboxylic acids is 1. The maximum Gasteiger partial charge on any atom is 0.223 e. The lowest BCUT2D eigenvalue weighted by atomic mass is 10.00. The number of carbonyl (C=O) groups is 1. The second kappa shape index (κ2) is 6.49. The van der Waals surface area contributed by atoms with Gasteiger partial charge in [0.1, 0.15) is 0 Å². The van der Waals surface area contributed by atoms with E-state index in [1.807, 2.05) is 13.0 Å². The minimum absolute atomic E-state index is 0.0994. The standard InChI is InChI=1S/C19H23NO2/c1-13(6-5-11-21)20-19(22)18-12-17(18)16-10-4-8-14-7-2-3-9-15(14)16/h2-4,7-10,13,17-18,21H,5-6,11-12H2,1H3,(H,20,22). The van der Waals surface area contributed by atoms with Crippen molar-refractivity contribution in [1.82, 2.24) is 5.32 Å². The molecule has 1 fully saturated rings. The van der Waals surface area contributed by atoms with Crippen LogP contribution in [-0.4, -0.2) is 23.7 Å². The Morgan fingerprint density at radius 3 is 2.86 bits per heavy atom. The van der Waals surface area contributed by atoms with Gasteiger partial charge >= 0.3 is 0 Å². The molecule has 0 radical (unpaired) electrons. The highest BCUT2D eigenvalue weighted by Gasteiger charge is 2.44. The monoisotopic (exact) mass is 297 g/mol. The Morgan fingerprint density at radius 1 is 1.27 bits per heavy atom. The van der Waals surface area contributed by atoms with Gasteiger partial charge in [-0.1, -0.05) is 42.5 Å². The van der Waals surface area contributed by atoms with E-state index in [1.54, 1.807) is 0 Å². The van der Waals surface area contributed by atoms with E-state index in [0.29, 0.717) is 5.92 Å². The lowest BCUT2D eigenvalue weighted by Crippen LogP contribution is -2.34. The van der Waals surface area contributed by atoms with E-state index >= 15 is 0 Å².